The molecule has 2 nitrogen and oxygen atoms in total. The molecule has 1 aliphatic rings. The highest BCUT2D eigenvalue weighted by molar-refractivity contribution is 6.70. The third-order valence-corrected chi connectivity index (χ3v) is 4.19. The van der Waals surface area contributed by atoms with Gasteiger partial charge in [0.05, 0.1) is 0 Å². The number of hydrogen-bond donors (Lipinski definition) is 1. The standard InChI is InChI=1S/C14H23NOSi/c1-17(2,3)16-13-9-7-12(8-10-13)14(15)11-5-4-6-11/h7-11,14H,4-6,15H2,1-3H3/t14-/m1/s1. The van der Waals surface area contributed by atoms with Crippen LogP contribution in [-0.4, -0.2) is 8.32 Å². The third-order valence-electron chi connectivity index (χ3n) is 3.35. The molecule has 1 fully saturated rings. The van der Waals surface area contributed by atoms with Gasteiger partial charge in [-0.1, -0.05) is 18.6 Å². The summed E-state index contributed by atoms with van der Waals surface area (Å²) in [5.41, 5.74) is 7.49. The van der Waals surface area contributed by atoms with Crippen LogP contribution in [0.15, 0.2) is 24.3 Å². The van der Waals surface area contributed by atoms with Crippen molar-refractivity contribution >= 4 is 8.32 Å². The van der Waals surface area contributed by atoms with Crippen LogP contribution in [0.25, 0.3) is 0 Å². The van der Waals surface area contributed by atoms with E-state index in [9.17, 15) is 0 Å². The third kappa shape index (κ3) is 3.33. The summed E-state index contributed by atoms with van der Waals surface area (Å²) in [6.45, 7) is 6.59. The van der Waals surface area contributed by atoms with E-state index in [1.54, 1.807) is 0 Å². The molecule has 0 saturated heterocycles. The molecule has 0 radical (unpaired) electrons. The van der Waals surface area contributed by atoms with Gasteiger partial charge in [0, 0.05) is 6.04 Å². The second-order valence-electron chi connectivity index (χ2n) is 6.00. The fraction of sp³-hybridized carbons (Fsp3) is 0.571. The molecule has 2 rings (SSSR count). The van der Waals surface area contributed by atoms with Crippen molar-refractivity contribution in [3.63, 3.8) is 0 Å². The predicted octanol–water partition coefficient (Wildman–Crippen LogP) is 3.70. The van der Waals surface area contributed by atoms with Crippen LogP contribution in [0.2, 0.25) is 19.6 Å². The van der Waals surface area contributed by atoms with E-state index in [1.165, 1.54) is 24.8 Å². The highest BCUT2D eigenvalue weighted by Gasteiger charge is 2.25. The Hall–Kier alpha value is -0.803. The molecule has 17 heavy (non-hydrogen) atoms. The Morgan fingerprint density at radius 2 is 1.76 bits per heavy atom. The molecule has 0 bridgehead atoms. The van der Waals surface area contributed by atoms with Gasteiger partial charge in [0.15, 0.2) is 0 Å². The van der Waals surface area contributed by atoms with E-state index in [0.717, 1.165) is 5.75 Å². The van der Waals surface area contributed by atoms with Crippen LogP contribution >= 0.6 is 0 Å². The lowest BCUT2D eigenvalue weighted by molar-refractivity contribution is 0.264. The summed E-state index contributed by atoms with van der Waals surface area (Å²) in [5.74, 6) is 1.67. The van der Waals surface area contributed by atoms with Crippen molar-refractivity contribution in [3.05, 3.63) is 29.8 Å². The van der Waals surface area contributed by atoms with E-state index in [1.807, 2.05) is 0 Å². The second kappa shape index (κ2) is 4.82. The monoisotopic (exact) mass is 249 g/mol. The second-order valence-corrected chi connectivity index (χ2v) is 10.4. The first-order chi connectivity index (χ1) is 7.96. The Morgan fingerprint density at radius 3 is 2.18 bits per heavy atom. The van der Waals surface area contributed by atoms with Gasteiger partial charge in [0.25, 0.3) is 0 Å². The lowest BCUT2D eigenvalue weighted by atomic mass is 9.78. The Bertz CT molecular complexity index is 365. The normalized spacial score (nSPS) is 18.6. The molecule has 94 valence electrons. The van der Waals surface area contributed by atoms with Gasteiger partial charge in [-0.2, -0.15) is 0 Å². The fourth-order valence-corrected chi connectivity index (χ4v) is 3.03. The van der Waals surface area contributed by atoms with Crippen LogP contribution in [0.1, 0.15) is 30.9 Å². The van der Waals surface area contributed by atoms with Crippen molar-refractivity contribution in [2.75, 3.05) is 0 Å². The Balaban J connectivity index is 2.02. The summed E-state index contributed by atoms with van der Waals surface area (Å²) in [7, 11) is -1.49. The summed E-state index contributed by atoms with van der Waals surface area (Å²) in [4.78, 5) is 0. The van der Waals surface area contributed by atoms with Crippen LogP contribution in [0.5, 0.6) is 5.75 Å². The van der Waals surface area contributed by atoms with Gasteiger partial charge in [0.1, 0.15) is 5.75 Å². The van der Waals surface area contributed by atoms with Gasteiger partial charge in [0.2, 0.25) is 8.32 Å². The molecule has 1 atom stereocenters. The van der Waals surface area contributed by atoms with Crippen LogP contribution in [0.3, 0.4) is 0 Å². The summed E-state index contributed by atoms with van der Waals surface area (Å²) >= 11 is 0. The SMILES string of the molecule is C[Si](C)(C)Oc1ccc([C@H](N)C2CCC2)cc1. The van der Waals surface area contributed by atoms with Gasteiger partial charge in [-0.15, -0.1) is 0 Å². The lowest BCUT2D eigenvalue weighted by Gasteiger charge is -2.31. The number of nitrogens with two attached hydrogens (primary N) is 1. The summed E-state index contributed by atoms with van der Waals surface area (Å²) in [6, 6.07) is 8.58. The topological polar surface area (TPSA) is 35.2 Å². The molecule has 0 amide bonds. The van der Waals surface area contributed by atoms with E-state index < -0.39 is 8.32 Å². The highest BCUT2D eigenvalue weighted by atomic mass is 28.4. The fourth-order valence-electron chi connectivity index (χ4n) is 2.18. The first-order valence-electron chi connectivity index (χ1n) is 6.50. The first kappa shape index (κ1) is 12.6. The largest absolute Gasteiger partial charge is 0.544 e. The molecule has 0 aromatic heterocycles. The number of rotatable bonds is 4. The minimum absolute atomic E-state index is 0.213. The predicted molar refractivity (Wildman–Crippen MR) is 74.7 cm³/mol. The highest BCUT2D eigenvalue weighted by Crippen LogP contribution is 2.36. The molecule has 1 aliphatic carbocycles. The van der Waals surface area contributed by atoms with Gasteiger partial charge in [-0.05, 0) is 56.1 Å². The van der Waals surface area contributed by atoms with Crippen molar-refractivity contribution in [3.8, 4) is 5.75 Å². The molecular formula is C14H23NOSi. The smallest absolute Gasteiger partial charge is 0.242 e. The zero-order chi connectivity index (χ0) is 12.5. The van der Waals surface area contributed by atoms with Crippen LogP contribution in [0.4, 0.5) is 0 Å². The van der Waals surface area contributed by atoms with Crippen molar-refractivity contribution in [2.24, 2.45) is 11.7 Å². The molecule has 0 heterocycles. The van der Waals surface area contributed by atoms with Gasteiger partial charge in [-0.3, -0.25) is 0 Å². The Labute approximate surface area is 105 Å². The van der Waals surface area contributed by atoms with Crippen molar-refractivity contribution in [1.29, 1.82) is 0 Å². The van der Waals surface area contributed by atoms with Gasteiger partial charge in [-0.25, -0.2) is 0 Å². The molecule has 0 aliphatic heterocycles. The molecule has 1 aromatic carbocycles. The summed E-state index contributed by atoms with van der Waals surface area (Å²) in [5, 5.41) is 0. The summed E-state index contributed by atoms with van der Waals surface area (Å²) in [6.07, 6.45) is 3.91. The number of hydrogen-bond acceptors (Lipinski definition) is 2. The zero-order valence-electron chi connectivity index (χ0n) is 11.1. The van der Waals surface area contributed by atoms with Crippen LogP contribution in [0, 0.1) is 5.92 Å². The van der Waals surface area contributed by atoms with Crippen LogP contribution in [-0.2, 0) is 0 Å². The van der Waals surface area contributed by atoms with Gasteiger partial charge >= 0.3 is 0 Å². The molecule has 0 unspecified atom stereocenters. The van der Waals surface area contributed by atoms with Crippen molar-refractivity contribution in [1.82, 2.24) is 0 Å². The molecule has 1 saturated carbocycles. The zero-order valence-corrected chi connectivity index (χ0v) is 12.1. The van der Waals surface area contributed by atoms with E-state index in [-0.39, 0.29) is 6.04 Å². The van der Waals surface area contributed by atoms with Crippen LogP contribution < -0.4 is 10.2 Å². The van der Waals surface area contributed by atoms with E-state index >= 15 is 0 Å². The summed E-state index contributed by atoms with van der Waals surface area (Å²) < 4.78 is 5.94. The van der Waals surface area contributed by atoms with Gasteiger partial charge < -0.3 is 10.2 Å². The Morgan fingerprint density at radius 1 is 1.18 bits per heavy atom. The average molecular weight is 249 g/mol. The lowest BCUT2D eigenvalue weighted by Crippen LogP contribution is -2.29. The number of benzene rings is 1. The minimum Gasteiger partial charge on any atom is -0.544 e. The molecule has 0 spiro atoms. The molecule has 3 heteroatoms. The first-order valence-corrected chi connectivity index (χ1v) is 9.91. The maximum Gasteiger partial charge on any atom is 0.242 e. The maximum atomic E-state index is 6.25. The average Bonchev–Trinajstić information content (AvgIpc) is 2.13. The van der Waals surface area contributed by atoms with E-state index in [0.29, 0.717) is 5.92 Å². The maximum absolute atomic E-state index is 6.25. The van der Waals surface area contributed by atoms with E-state index in [4.69, 9.17) is 10.2 Å². The quantitative estimate of drug-likeness (QED) is 0.826. The van der Waals surface area contributed by atoms with Crippen molar-refractivity contribution in [2.45, 2.75) is 44.9 Å². The molecule has 2 N–H and O–H groups in total. The minimum atomic E-state index is -1.49. The molecular weight excluding hydrogens is 226 g/mol. The Kier molecular flexibility index (Phi) is 3.59. The van der Waals surface area contributed by atoms with Crippen molar-refractivity contribution < 1.29 is 4.43 Å². The van der Waals surface area contributed by atoms with E-state index in [2.05, 4.69) is 43.9 Å². The molecule has 1 aromatic rings.